The Kier molecular flexibility index (Phi) is 5.56. The van der Waals surface area contributed by atoms with E-state index in [9.17, 15) is 4.79 Å². The van der Waals surface area contributed by atoms with Crippen LogP contribution in [0.15, 0.2) is 41.2 Å². The van der Waals surface area contributed by atoms with Crippen LogP contribution in [0.4, 0.5) is 5.69 Å². The van der Waals surface area contributed by atoms with E-state index in [4.69, 9.17) is 4.52 Å². The minimum Gasteiger partial charge on any atom is -0.345 e. The zero-order chi connectivity index (χ0) is 17.5. The Morgan fingerprint density at radius 1 is 1.32 bits per heavy atom. The lowest BCUT2D eigenvalue weighted by Crippen LogP contribution is -2.11. The third-order valence-electron chi connectivity index (χ3n) is 3.70. The van der Waals surface area contributed by atoms with Crippen molar-refractivity contribution in [2.45, 2.75) is 39.0 Å². The first-order chi connectivity index (χ1) is 12.2. The van der Waals surface area contributed by atoms with Crippen LogP contribution in [0, 0.1) is 0 Å². The number of hydrogen-bond acceptors (Lipinski definition) is 5. The highest BCUT2D eigenvalue weighted by Crippen LogP contribution is 2.19. The molecule has 0 aliphatic rings. The second-order valence-electron chi connectivity index (χ2n) is 5.77. The summed E-state index contributed by atoms with van der Waals surface area (Å²) in [6.45, 7) is 2.07. The van der Waals surface area contributed by atoms with E-state index in [1.165, 1.54) is 0 Å². The Morgan fingerprint density at radius 2 is 2.24 bits per heavy atom. The molecule has 0 saturated carbocycles. The van der Waals surface area contributed by atoms with Crippen molar-refractivity contribution in [3.05, 3.63) is 48.4 Å². The van der Waals surface area contributed by atoms with Gasteiger partial charge in [-0.3, -0.25) is 4.79 Å². The van der Waals surface area contributed by atoms with Crippen LogP contribution in [-0.4, -0.2) is 26.0 Å². The minimum atomic E-state index is -0.0371. The van der Waals surface area contributed by atoms with Crippen LogP contribution in [0.5, 0.6) is 0 Å². The third-order valence-corrected chi connectivity index (χ3v) is 3.70. The molecule has 1 aromatic carbocycles. The Morgan fingerprint density at radius 3 is 3.04 bits per heavy atom. The first-order valence-electron chi connectivity index (χ1n) is 8.45. The van der Waals surface area contributed by atoms with E-state index in [2.05, 4.69) is 32.3 Å². The molecule has 2 aromatic heterocycles. The van der Waals surface area contributed by atoms with Gasteiger partial charge >= 0.3 is 0 Å². The fourth-order valence-corrected chi connectivity index (χ4v) is 2.51. The topological polar surface area (TPSA) is 96.7 Å². The number of aromatic nitrogens is 4. The van der Waals surface area contributed by atoms with Crippen LogP contribution in [0.1, 0.15) is 37.9 Å². The Hall–Kier alpha value is -2.96. The third kappa shape index (κ3) is 4.76. The van der Waals surface area contributed by atoms with Crippen LogP contribution in [0.25, 0.3) is 11.4 Å². The lowest BCUT2D eigenvalue weighted by molar-refractivity contribution is -0.116. The molecule has 1 amide bonds. The zero-order valence-electron chi connectivity index (χ0n) is 14.2. The van der Waals surface area contributed by atoms with Crippen molar-refractivity contribution in [1.29, 1.82) is 0 Å². The van der Waals surface area contributed by atoms with Crippen molar-refractivity contribution in [1.82, 2.24) is 20.1 Å². The maximum Gasteiger partial charge on any atom is 0.226 e. The first-order valence-corrected chi connectivity index (χ1v) is 8.45. The van der Waals surface area contributed by atoms with Crippen LogP contribution in [0.2, 0.25) is 0 Å². The maximum absolute atomic E-state index is 12.1. The summed E-state index contributed by atoms with van der Waals surface area (Å²) in [5.41, 5.74) is 1.68. The summed E-state index contributed by atoms with van der Waals surface area (Å²) in [5.74, 6) is 2.06. The maximum atomic E-state index is 12.1. The molecule has 3 rings (SSSR count). The fraction of sp³-hybridized carbons (Fsp3) is 0.333. The van der Waals surface area contributed by atoms with E-state index in [-0.39, 0.29) is 5.91 Å². The molecular formula is C18H21N5O2. The van der Waals surface area contributed by atoms with Crippen LogP contribution in [-0.2, 0) is 17.6 Å². The van der Waals surface area contributed by atoms with E-state index < -0.39 is 0 Å². The van der Waals surface area contributed by atoms with Gasteiger partial charge in [0, 0.05) is 42.9 Å². The summed E-state index contributed by atoms with van der Waals surface area (Å²) in [4.78, 5) is 23.7. The van der Waals surface area contributed by atoms with Gasteiger partial charge in [0.2, 0.25) is 11.8 Å². The average Bonchev–Trinajstić information content (AvgIpc) is 3.27. The second-order valence-corrected chi connectivity index (χ2v) is 5.77. The number of carbonyl (C=O) groups excluding carboxylic acids is 1. The van der Waals surface area contributed by atoms with E-state index in [1.807, 2.05) is 24.3 Å². The van der Waals surface area contributed by atoms with Gasteiger partial charge in [-0.1, -0.05) is 24.2 Å². The van der Waals surface area contributed by atoms with Crippen molar-refractivity contribution in [3.8, 4) is 11.4 Å². The van der Waals surface area contributed by atoms with Crippen molar-refractivity contribution >= 4 is 11.6 Å². The summed E-state index contributed by atoms with van der Waals surface area (Å²) < 4.78 is 5.17. The molecule has 0 bridgehead atoms. The number of benzene rings is 1. The Bertz CT molecular complexity index is 811. The molecular weight excluding hydrogens is 318 g/mol. The standard InChI is InChI=1S/C18H21N5O2/c1-2-5-15-22-17(25-23-15)9-4-8-16(24)21-14-7-3-6-13(12-14)18-19-10-11-20-18/h3,6-7,10-12H,2,4-5,8-9H2,1H3,(H,19,20)(H,21,24). The SMILES string of the molecule is CCCc1noc(CCCC(=O)Nc2cccc(-c3ncc[nH]3)c2)n1. The van der Waals surface area contributed by atoms with E-state index >= 15 is 0 Å². The number of imidazole rings is 1. The number of hydrogen-bond donors (Lipinski definition) is 2. The summed E-state index contributed by atoms with van der Waals surface area (Å²) >= 11 is 0. The van der Waals surface area contributed by atoms with Crippen LogP contribution < -0.4 is 5.32 Å². The van der Waals surface area contributed by atoms with E-state index in [0.717, 1.165) is 35.7 Å². The van der Waals surface area contributed by atoms with Gasteiger partial charge in [-0.2, -0.15) is 4.98 Å². The molecule has 2 heterocycles. The molecule has 0 aliphatic carbocycles. The number of aryl methyl sites for hydroxylation is 2. The molecule has 25 heavy (non-hydrogen) atoms. The highest BCUT2D eigenvalue weighted by Gasteiger charge is 2.08. The number of nitrogens with zero attached hydrogens (tertiary/aromatic N) is 3. The number of amides is 1. The predicted molar refractivity (Wildman–Crippen MR) is 93.9 cm³/mol. The number of rotatable bonds is 8. The molecule has 0 fully saturated rings. The molecule has 7 nitrogen and oxygen atoms in total. The van der Waals surface area contributed by atoms with Crippen molar-refractivity contribution in [3.63, 3.8) is 0 Å². The smallest absolute Gasteiger partial charge is 0.226 e. The molecule has 0 aliphatic heterocycles. The van der Waals surface area contributed by atoms with Gasteiger partial charge in [0.15, 0.2) is 5.82 Å². The molecule has 0 unspecified atom stereocenters. The molecule has 3 aromatic rings. The largest absolute Gasteiger partial charge is 0.345 e. The summed E-state index contributed by atoms with van der Waals surface area (Å²) in [6, 6.07) is 7.59. The molecule has 0 radical (unpaired) electrons. The van der Waals surface area contributed by atoms with Gasteiger partial charge in [-0.05, 0) is 25.0 Å². The van der Waals surface area contributed by atoms with Gasteiger partial charge in [-0.25, -0.2) is 4.98 Å². The molecule has 0 spiro atoms. The Labute approximate surface area is 145 Å². The molecule has 7 heteroatoms. The van der Waals surface area contributed by atoms with Gasteiger partial charge in [0.1, 0.15) is 5.82 Å². The highest BCUT2D eigenvalue weighted by molar-refractivity contribution is 5.91. The second kappa shape index (κ2) is 8.23. The molecule has 0 saturated heterocycles. The number of anilines is 1. The normalized spacial score (nSPS) is 10.8. The number of H-pyrrole nitrogens is 1. The van der Waals surface area contributed by atoms with Crippen molar-refractivity contribution in [2.75, 3.05) is 5.32 Å². The molecule has 130 valence electrons. The minimum absolute atomic E-state index is 0.0371. The summed E-state index contributed by atoms with van der Waals surface area (Å²) in [7, 11) is 0. The molecule has 2 N–H and O–H groups in total. The highest BCUT2D eigenvalue weighted by atomic mass is 16.5. The Balaban J connectivity index is 1.48. The molecule has 0 atom stereocenters. The number of nitrogens with one attached hydrogen (secondary N) is 2. The van der Waals surface area contributed by atoms with Crippen LogP contribution in [0.3, 0.4) is 0 Å². The fourth-order valence-electron chi connectivity index (χ4n) is 2.51. The zero-order valence-corrected chi connectivity index (χ0v) is 14.2. The lowest BCUT2D eigenvalue weighted by Gasteiger charge is -2.06. The van der Waals surface area contributed by atoms with Gasteiger partial charge in [-0.15, -0.1) is 0 Å². The van der Waals surface area contributed by atoms with Crippen molar-refractivity contribution in [2.24, 2.45) is 0 Å². The van der Waals surface area contributed by atoms with E-state index in [0.29, 0.717) is 25.2 Å². The van der Waals surface area contributed by atoms with Gasteiger partial charge in [0.05, 0.1) is 0 Å². The summed E-state index contributed by atoms with van der Waals surface area (Å²) in [5, 5.41) is 6.82. The van der Waals surface area contributed by atoms with E-state index in [1.54, 1.807) is 12.4 Å². The summed E-state index contributed by atoms with van der Waals surface area (Å²) in [6.07, 6.45) is 6.94. The monoisotopic (exact) mass is 339 g/mol. The van der Waals surface area contributed by atoms with Gasteiger partial charge < -0.3 is 14.8 Å². The lowest BCUT2D eigenvalue weighted by atomic mass is 10.2. The average molecular weight is 339 g/mol. The first kappa shape index (κ1) is 16.9. The van der Waals surface area contributed by atoms with Gasteiger partial charge in [0.25, 0.3) is 0 Å². The quantitative estimate of drug-likeness (QED) is 0.656. The number of aromatic amines is 1. The predicted octanol–water partition coefficient (Wildman–Crippen LogP) is 3.37. The van der Waals surface area contributed by atoms with Crippen LogP contribution >= 0.6 is 0 Å². The van der Waals surface area contributed by atoms with Crippen molar-refractivity contribution < 1.29 is 9.32 Å². The number of carbonyl (C=O) groups is 1.